The van der Waals surface area contributed by atoms with Gasteiger partial charge in [0.1, 0.15) is 17.2 Å². The zero-order valence-corrected chi connectivity index (χ0v) is 16.1. The van der Waals surface area contributed by atoms with E-state index in [0.717, 1.165) is 16.9 Å². The Morgan fingerprint density at radius 3 is 2.52 bits per heavy atom. The van der Waals surface area contributed by atoms with E-state index in [9.17, 15) is 0 Å². The fourth-order valence-electron chi connectivity index (χ4n) is 2.50. The van der Waals surface area contributed by atoms with Gasteiger partial charge in [-0.15, -0.1) is 0 Å². The maximum Gasteiger partial charge on any atom is 0.216 e. The number of nitrogens with zero attached hydrogens (tertiary/aromatic N) is 3. The van der Waals surface area contributed by atoms with Crippen LogP contribution in [-0.4, -0.2) is 41.9 Å². The van der Waals surface area contributed by atoms with Crippen molar-refractivity contribution >= 4 is 18.4 Å². The summed E-state index contributed by atoms with van der Waals surface area (Å²) in [5.41, 5.74) is 1.66. The molecule has 0 saturated carbocycles. The number of ether oxygens (including phenoxy) is 3. The highest BCUT2D eigenvalue weighted by Gasteiger charge is 2.09. The molecule has 2 aromatic carbocycles. The molecular weight excluding hydrogens is 364 g/mol. The van der Waals surface area contributed by atoms with Crippen molar-refractivity contribution < 1.29 is 14.2 Å². The van der Waals surface area contributed by atoms with Crippen molar-refractivity contribution in [2.45, 2.75) is 6.92 Å². The fraction of sp³-hybridized carbons (Fsp3) is 0.211. The summed E-state index contributed by atoms with van der Waals surface area (Å²) in [5, 5.41) is 11.5. The van der Waals surface area contributed by atoms with Gasteiger partial charge in [0.2, 0.25) is 4.77 Å². The first-order chi connectivity index (χ1) is 13.2. The molecule has 1 aromatic heterocycles. The maximum absolute atomic E-state index is 5.47. The second kappa shape index (κ2) is 8.50. The molecule has 8 heteroatoms. The zero-order chi connectivity index (χ0) is 19.2. The van der Waals surface area contributed by atoms with Gasteiger partial charge in [-0.2, -0.15) is 14.9 Å². The third-order valence-corrected chi connectivity index (χ3v) is 4.09. The summed E-state index contributed by atoms with van der Waals surface area (Å²) in [7, 11) is 3.21. The summed E-state index contributed by atoms with van der Waals surface area (Å²) < 4.78 is 18.0. The van der Waals surface area contributed by atoms with Gasteiger partial charge >= 0.3 is 0 Å². The molecule has 0 aliphatic heterocycles. The highest BCUT2D eigenvalue weighted by molar-refractivity contribution is 7.71. The number of H-pyrrole nitrogens is 1. The Morgan fingerprint density at radius 2 is 1.85 bits per heavy atom. The molecule has 0 spiro atoms. The summed E-state index contributed by atoms with van der Waals surface area (Å²) >= 11 is 5.31. The summed E-state index contributed by atoms with van der Waals surface area (Å²) in [6, 6.07) is 13.1. The third-order valence-electron chi connectivity index (χ3n) is 3.83. The lowest BCUT2D eigenvalue weighted by atomic mass is 10.2. The van der Waals surface area contributed by atoms with Crippen LogP contribution in [0, 0.1) is 4.77 Å². The van der Waals surface area contributed by atoms with Gasteiger partial charge in [-0.1, -0.05) is 0 Å². The Kier molecular flexibility index (Phi) is 5.87. The minimum absolute atomic E-state index is 0.391. The first kappa shape index (κ1) is 18.7. The van der Waals surface area contributed by atoms with Crippen molar-refractivity contribution in [3.63, 3.8) is 0 Å². The van der Waals surface area contributed by atoms with Crippen LogP contribution in [-0.2, 0) is 0 Å². The molecule has 0 unspecified atom stereocenters. The van der Waals surface area contributed by atoms with Crippen LogP contribution in [0.1, 0.15) is 12.5 Å². The van der Waals surface area contributed by atoms with Crippen LogP contribution in [0.3, 0.4) is 0 Å². The summed E-state index contributed by atoms with van der Waals surface area (Å²) in [5.74, 6) is 2.76. The monoisotopic (exact) mass is 384 g/mol. The summed E-state index contributed by atoms with van der Waals surface area (Å²) in [6.45, 7) is 2.56. The van der Waals surface area contributed by atoms with Crippen molar-refractivity contribution in [2.24, 2.45) is 5.10 Å². The maximum atomic E-state index is 5.47. The van der Waals surface area contributed by atoms with Gasteiger partial charge < -0.3 is 14.2 Å². The van der Waals surface area contributed by atoms with Crippen molar-refractivity contribution in [1.29, 1.82) is 0 Å². The van der Waals surface area contributed by atoms with E-state index in [1.165, 1.54) is 0 Å². The first-order valence-electron chi connectivity index (χ1n) is 8.33. The highest BCUT2D eigenvalue weighted by atomic mass is 32.1. The molecule has 0 radical (unpaired) electrons. The van der Waals surface area contributed by atoms with Crippen LogP contribution in [0.15, 0.2) is 47.6 Å². The minimum atomic E-state index is 0.391. The molecule has 0 atom stereocenters. The van der Waals surface area contributed by atoms with E-state index in [1.54, 1.807) is 31.2 Å². The SMILES string of the molecule is CCOc1ccc(-c2n[nH]c(=S)n2/N=C/c2ccc(OC)cc2OC)cc1. The smallest absolute Gasteiger partial charge is 0.216 e. The number of nitrogens with one attached hydrogen (secondary N) is 1. The molecule has 0 aliphatic carbocycles. The van der Waals surface area contributed by atoms with Crippen molar-refractivity contribution in [1.82, 2.24) is 14.9 Å². The molecule has 1 N–H and O–H groups in total. The van der Waals surface area contributed by atoms with Gasteiger partial charge in [-0.05, 0) is 55.5 Å². The molecule has 0 bridgehead atoms. The second-order valence-corrected chi connectivity index (χ2v) is 5.86. The Hall–Kier alpha value is -3.13. The lowest BCUT2D eigenvalue weighted by Crippen LogP contribution is -1.97. The Labute approximate surface area is 162 Å². The van der Waals surface area contributed by atoms with E-state index in [2.05, 4.69) is 15.3 Å². The predicted octanol–water partition coefficient (Wildman–Crippen LogP) is 3.91. The Balaban J connectivity index is 1.93. The number of aromatic amines is 1. The lowest BCUT2D eigenvalue weighted by Gasteiger charge is -2.07. The highest BCUT2D eigenvalue weighted by Crippen LogP contribution is 2.24. The minimum Gasteiger partial charge on any atom is -0.497 e. The number of rotatable bonds is 7. The molecule has 7 nitrogen and oxygen atoms in total. The number of hydrogen-bond acceptors (Lipinski definition) is 6. The molecule has 27 heavy (non-hydrogen) atoms. The Bertz CT molecular complexity index is 993. The Morgan fingerprint density at radius 1 is 1.11 bits per heavy atom. The van der Waals surface area contributed by atoms with E-state index in [-0.39, 0.29) is 0 Å². The van der Waals surface area contributed by atoms with Gasteiger partial charge in [0.15, 0.2) is 5.82 Å². The second-order valence-electron chi connectivity index (χ2n) is 5.47. The normalized spacial score (nSPS) is 10.9. The summed E-state index contributed by atoms with van der Waals surface area (Å²) in [4.78, 5) is 0. The average Bonchev–Trinajstić information content (AvgIpc) is 3.07. The molecule has 0 aliphatic rings. The van der Waals surface area contributed by atoms with E-state index in [4.69, 9.17) is 26.4 Å². The van der Waals surface area contributed by atoms with Gasteiger partial charge in [-0.3, -0.25) is 0 Å². The molecule has 0 fully saturated rings. The molecule has 0 amide bonds. The van der Waals surface area contributed by atoms with Crippen LogP contribution < -0.4 is 14.2 Å². The predicted molar refractivity (Wildman–Crippen MR) is 107 cm³/mol. The quantitative estimate of drug-likeness (QED) is 0.494. The molecule has 3 rings (SSSR count). The van der Waals surface area contributed by atoms with E-state index >= 15 is 0 Å². The molecule has 1 heterocycles. The number of aromatic nitrogens is 3. The third kappa shape index (κ3) is 4.17. The molecular formula is C19H20N4O3S. The standard InChI is InChI=1S/C19H20N4O3S/c1-4-26-15-8-5-13(6-9-15)18-21-22-19(27)23(18)20-12-14-7-10-16(24-2)11-17(14)25-3/h5-12H,4H2,1-3H3,(H,22,27)/b20-12+. The van der Waals surface area contributed by atoms with Gasteiger partial charge in [0.05, 0.1) is 27.0 Å². The fourth-order valence-corrected chi connectivity index (χ4v) is 2.68. The zero-order valence-electron chi connectivity index (χ0n) is 15.3. The number of benzene rings is 2. The molecule has 140 valence electrons. The average molecular weight is 384 g/mol. The van der Waals surface area contributed by atoms with Gasteiger partial charge in [0, 0.05) is 17.2 Å². The van der Waals surface area contributed by atoms with E-state index < -0.39 is 0 Å². The van der Waals surface area contributed by atoms with Crippen LogP contribution in [0.4, 0.5) is 0 Å². The van der Waals surface area contributed by atoms with Crippen molar-refractivity contribution in [2.75, 3.05) is 20.8 Å². The van der Waals surface area contributed by atoms with Crippen LogP contribution >= 0.6 is 12.2 Å². The lowest BCUT2D eigenvalue weighted by molar-refractivity contribution is 0.340. The largest absolute Gasteiger partial charge is 0.497 e. The van der Waals surface area contributed by atoms with Gasteiger partial charge in [0.25, 0.3) is 0 Å². The molecule has 0 saturated heterocycles. The first-order valence-corrected chi connectivity index (χ1v) is 8.74. The van der Waals surface area contributed by atoms with Crippen LogP contribution in [0.2, 0.25) is 0 Å². The van der Waals surface area contributed by atoms with Gasteiger partial charge in [-0.25, -0.2) is 5.10 Å². The van der Waals surface area contributed by atoms with Crippen LogP contribution in [0.25, 0.3) is 11.4 Å². The topological polar surface area (TPSA) is 73.7 Å². The summed E-state index contributed by atoms with van der Waals surface area (Å²) in [6.07, 6.45) is 1.67. The number of hydrogen-bond donors (Lipinski definition) is 1. The van der Waals surface area contributed by atoms with Crippen molar-refractivity contribution in [3.05, 3.63) is 52.8 Å². The number of methoxy groups -OCH3 is 2. The van der Waals surface area contributed by atoms with E-state index in [0.29, 0.717) is 28.7 Å². The molecule has 3 aromatic rings. The van der Waals surface area contributed by atoms with Crippen LogP contribution in [0.5, 0.6) is 17.2 Å². The van der Waals surface area contributed by atoms with Crippen molar-refractivity contribution in [3.8, 4) is 28.6 Å². The van der Waals surface area contributed by atoms with E-state index in [1.807, 2.05) is 43.3 Å².